The van der Waals surface area contributed by atoms with Crippen LogP contribution in [0, 0.1) is 0 Å². The Kier molecular flexibility index (Phi) is 6.01. The summed E-state index contributed by atoms with van der Waals surface area (Å²) in [6, 6.07) is 7.45. The lowest BCUT2D eigenvalue weighted by atomic mass is 10.2. The maximum absolute atomic E-state index is 12.7. The molecular weight excluding hydrogens is 335 g/mol. The van der Waals surface area contributed by atoms with E-state index in [0.29, 0.717) is 5.75 Å². The fourth-order valence-corrected chi connectivity index (χ4v) is 1.73. The molecule has 0 unspecified atom stereocenters. The predicted molar refractivity (Wildman–Crippen MR) is 74.8 cm³/mol. The number of halogens is 4. The van der Waals surface area contributed by atoms with Gasteiger partial charge in [0.2, 0.25) is 0 Å². The van der Waals surface area contributed by atoms with Crippen LogP contribution in [0.15, 0.2) is 47.2 Å². The molecule has 2 rings (SSSR count). The zero-order valence-electron chi connectivity index (χ0n) is 10.9. The van der Waals surface area contributed by atoms with Gasteiger partial charge in [-0.2, -0.15) is 13.2 Å². The van der Waals surface area contributed by atoms with Gasteiger partial charge in [0, 0.05) is 10.7 Å². The lowest BCUT2D eigenvalue weighted by Crippen LogP contribution is -2.07. The summed E-state index contributed by atoms with van der Waals surface area (Å²) in [7, 11) is 0. The Hall–Kier alpha value is -1.56. The van der Waals surface area contributed by atoms with Crippen molar-refractivity contribution in [3.63, 3.8) is 0 Å². The highest BCUT2D eigenvalue weighted by molar-refractivity contribution is 9.10. The number of aromatic nitrogens is 1. The van der Waals surface area contributed by atoms with Gasteiger partial charge in [-0.15, -0.1) is 0 Å². The molecule has 0 saturated heterocycles. The Morgan fingerprint density at radius 2 is 1.85 bits per heavy atom. The number of benzene rings is 1. The fraction of sp³-hybridized carbons (Fsp3) is 0.214. The molecule has 0 spiro atoms. The van der Waals surface area contributed by atoms with Gasteiger partial charge in [0.25, 0.3) is 0 Å². The summed E-state index contributed by atoms with van der Waals surface area (Å²) in [5, 5.41) is 0. The summed E-state index contributed by atoms with van der Waals surface area (Å²) < 4.78 is 44.1. The number of hydrogen-bond acceptors (Lipinski definition) is 2. The van der Waals surface area contributed by atoms with Crippen LogP contribution in [0.2, 0.25) is 0 Å². The van der Waals surface area contributed by atoms with E-state index in [0.717, 1.165) is 22.9 Å². The minimum absolute atomic E-state index is 0.308. The maximum atomic E-state index is 12.7. The second-order valence-electron chi connectivity index (χ2n) is 3.43. The van der Waals surface area contributed by atoms with Crippen molar-refractivity contribution in [2.24, 2.45) is 0 Å². The summed E-state index contributed by atoms with van der Waals surface area (Å²) in [6.45, 7) is 4.00. The third-order valence-electron chi connectivity index (χ3n) is 2.11. The van der Waals surface area contributed by atoms with Gasteiger partial charge in [-0.05, 0) is 24.3 Å². The van der Waals surface area contributed by atoms with Gasteiger partial charge < -0.3 is 4.74 Å². The first-order valence-corrected chi connectivity index (χ1v) is 6.71. The van der Waals surface area contributed by atoms with Crippen LogP contribution in [0.3, 0.4) is 0 Å². The lowest BCUT2D eigenvalue weighted by molar-refractivity contribution is -0.138. The van der Waals surface area contributed by atoms with Crippen LogP contribution in [0.4, 0.5) is 13.2 Å². The average molecular weight is 348 g/mol. The van der Waals surface area contributed by atoms with Gasteiger partial charge in [0.1, 0.15) is 11.3 Å². The van der Waals surface area contributed by atoms with Crippen LogP contribution in [0.5, 0.6) is 11.5 Å². The number of alkyl halides is 3. The molecule has 0 atom stereocenters. The van der Waals surface area contributed by atoms with Crippen molar-refractivity contribution in [1.82, 2.24) is 4.98 Å². The van der Waals surface area contributed by atoms with E-state index in [1.54, 1.807) is 24.3 Å². The number of rotatable bonds is 2. The molecule has 108 valence electrons. The number of ether oxygens (including phenoxy) is 1. The van der Waals surface area contributed by atoms with Crippen LogP contribution < -0.4 is 4.74 Å². The molecule has 0 aliphatic carbocycles. The van der Waals surface area contributed by atoms with Crippen molar-refractivity contribution < 1.29 is 17.9 Å². The highest BCUT2D eigenvalue weighted by atomic mass is 79.9. The zero-order valence-corrected chi connectivity index (χ0v) is 12.5. The van der Waals surface area contributed by atoms with Gasteiger partial charge in [-0.1, -0.05) is 35.8 Å². The van der Waals surface area contributed by atoms with Crippen LogP contribution in [0.25, 0.3) is 0 Å². The van der Waals surface area contributed by atoms with E-state index in [2.05, 4.69) is 20.9 Å². The van der Waals surface area contributed by atoms with Gasteiger partial charge in [-0.25, -0.2) is 0 Å². The van der Waals surface area contributed by atoms with Crippen molar-refractivity contribution in [2.45, 2.75) is 20.0 Å². The average Bonchev–Trinajstić information content (AvgIpc) is 2.40. The van der Waals surface area contributed by atoms with E-state index >= 15 is 0 Å². The molecule has 0 bridgehead atoms. The lowest BCUT2D eigenvalue weighted by Gasteiger charge is -2.12. The molecule has 1 aromatic heterocycles. The van der Waals surface area contributed by atoms with Crippen LogP contribution in [-0.2, 0) is 6.18 Å². The molecule has 2 aromatic rings. The molecule has 1 heterocycles. The molecule has 1 aromatic carbocycles. The van der Waals surface area contributed by atoms with Crippen molar-refractivity contribution in [2.75, 3.05) is 0 Å². The standard InChI is InChI=1S/C12H7BrF3NO.C2H6/c13-8-2-1-3-9(6-8)18-11-7-17-5-4-10(11)12(14,15)16;1-2/h1-7H;1-2H3. The third-order valence-corrected chi connectivity index (χ3v) is 2.61. The van der Waals surface area contributed by atoms with Gasteiger partial charge in [-0.3, -0.25) is 4.98 Å². The Balaban J connectivity index is 0.000000956. The molecule has 20 heavy (non-hydrogen) atoms. The van der Waals surface area contributed by atoms with E-state index in [1.807, 2.05) is 13.8 Å². The minimum Gasteiger partial charge on any atom is -0.455 e. The van der Waals surface area contributed by atoms with Gasteiger partial charge in [0.05, 0.1) is 6.20 Å². The van der Waals surface area contributed by atoms with E-state index in [4.69, 9.17) is 4.74 Å². The zero-order chi connectivity index (χ0) is 15.2. The summed E-state index contributed by atoms with van der Waals surface area (Å²) in [6.07, 6.45) is -2.34. The monoisotopic (exact) mass is 347 g/mol. The van der Waals surface area contributed by atoms with Gasteiger partial charge in [0.15, 0.2) is 5.75 Å². The first-order chi connectivity index (χ1) is 9.47. The molecular formula is C14H13BrF3NO. The van der Waals surface area contributed by atoms with E-state index in [9.17, 15) is 13.2 Å². The van der Waals surface area contributed by atoms with E-state index in [1.165, 1.54) is 0 Å². The van der Waals surface area contributed by atoms with Crippen molar-refractivity contribution >= 4 is 15.9 Å². The molecule has 0 radical (unpaired) electrons. The second kappa shape index (κ2) is 7.28. The smallest absolute Gasteiger partial charge is 0.420 e. The Labute approximate surface area is 123 Å². The third kappa shape index (κ3) is 4.52. The Morgan fingerprint density at radius 3 is 2.45 bits per heavy atom. The SMILES string of the molecule is CC.FC(F)(F)c1ccncc1Oc1cccc(Br)c1. The molecule has 0 aliphatic heterocycles. The molecule has 2 nitrogen and oxygen atoms in total. The Morgan fingerprint density at radius 1 is 1.15 bits per heavy atom. The first-order valence-electron chi connectivity index (χ1n) is 5.91. The number of nitrogens with zero attached hydrogens (tertiary/aromatic N) is 1. The van der Waals surface area contributed by atoms with Crippen molar-refractivity contribution in [3.8, 4) is 11.5 Å². The van der Waals surface area contributed by atoms with Crippen molar-refractivity contribution in [1.29, 1.82) is 0 Å². The molecule has 0 fully saturated rings. The maximum Gasteiger partial charge on any atom is 0.420 e. The van der Waals surface area contributed by atoms with E-state index < -0.39 is 11.7 Å². The quantitative estimate of drug-likeness (QED) is 0.696. The normalized spacial score (nSPS) is 10.5. The largest absolute Gasteiger partial charge is 0.455 e. The molecule has 0 aliphatic rings. The number of pyridine rings is 1. The predicted octanol–water partition coefficient (Wildman–Crippen LogP) is 5.68. The fourth-order valence-electron chi connectivity index (χ4n) is 1.35. The summed E-state index contributed by atoms with van der Waals surface area (Å²) in [5.74, 6) is -0.00836. The van der Waals surface area contributed by atoms with Crippen molar-refractivity contribution in [3.05, 3.63) is 52.8 Å². The van der Waals surface area contributed by atoms with Gasteiger partial charge >= 0.3 is 6.18 Å². The topological polar surface area (TPSA) is 22.1 Å². The molecule has 0 saturated carbocycles. The molecule has 6 heteroatoms. The first kappa shape index (κ1) is 16.5. The number of hydrogen-bond donors (Lipinski definition) is 0. The Bertz CT molecular complexity index is 558. The summed E-state index contributed by atoms with van der Waals surface area (Å²) in [4.78, 5) is 3.64. The van der Waals surface area contributed by atoms with Crippen LogP contribution in [0.1, 0.15) is 19.4 Å². The summed E-state index contributed by atoms with van der Waals surface area (Å²) in [5.41, 5.74) is -0.850. The minimum atomic E-state index is -4.47. The van der Waals surface area contributed by atoms with Crippen LogP contribution in [-0.4, -0.2) is 4.98 Å². The highest BCUT2D eigenvalue weighted by Crippen LogP contribution is 2.37. The highest BCUT2D eigenvalue weighted by Gasteiger charge is 2.34. The second-order valence-corrected chi connectivity index (χ2v) is 4.34. The molecule has 0 amide bonds. The van der Waals surface area contributed by atoms with Crippen LogP contribution >= 0.6 is 15.9 Å². The summed E-state index contributed by atoms with van der Waals surface area (Å²) >= 11 is 3.22. The van der Waals surface area contributed by atoms with E-state index in [-0.39, 0.29) is 5.75 Å². The molecule has 0 N–H and O–H groups in total.